The largest absolute Gasteiger partial charge is 0.397 e. The van der Waals surface area contributed by atoms with Gasteiger partial charge in [-0.3, -0.25) is 9.59 Å². The van der Waals surface area contributed by atoms with Crippen molar-refractivity contribution in [3.05, 3.63) is 22.2 Å². The van der Waals surface area contributed by atoms with Crippen LogP contribution in [-0.4, -0.2) is 30.8 Å². The molecule has 21 heavy (non-hydrogen) atoms. The van der Waals surface area contributed by atoms with Crippen LogP contribution in [0.4, 0.5) is 11.4 Å². The maximum absolute atomic E-state index is 11.8. The first-order valence-corrected chi connectivity index (χ1v) is 7.16. The lowest BCUT2D eigenvalue weighted by atomic mass is 10.1. The van der Waals surface area contributed by atoms with Crippen LogP contribution < -0.4 is 11.1 Å². The zero-order valence-corrected chi connectivity index (χ0v) is 14.8. The summed E-state index contributed by atoms with van der Waals surface area (Å²) in [6.07, 6.45) is 1.19. The Kier molecular flexibility index (Phi) is 8.36. The molecule has 0 aromatic heterocycles. The number of halogens is 2. The Morgan fingerprint density at radius 1 is 1.29 bits per heavy atom. The summed E-state index contributed by atoms with van der Waals surface area (Å²) in [5.41, 5.74) is 7.98. The van der Waals surface area contributed by atoms with E-state index >= 15 is 0 Å². The first-order valence-electron chi connectivity index (χ1n) is 6.37. The van der Waals surface area contributed by atoms with Gasteiger partial charge in [0.2, 0.25) is 11.8 Å². The Labute approximate surface area is 139 Å². The van der Waals surface area contributed by atoms with Crippen molar-refractivity contribution < 1.29 is 9.59 Å². The molecule has 0 saturated carbocycles. The van der Waals surface area contributed by atoms with Gasteiger partial charge in [-0.25, -0.2) is 0 Å². The fourth-order valence-electron chi connectivity index (χ4n) is 1.69. The highest BCUT2D eigenvalue weighted by molar-refractivity contribution is 9.10. The molecule has 7 heteroatoms. The van der Waals surface area contributed by atoms with E-state index in [0.29, 0.717) is 30.6 Å². The topological polar surface area (TPSA) is 75.4 Å². The first kappa shape index (κ1) is 19.7. The van der Waals surface area contributed by atoms with Crippen molar-refractivity contribution in [2.45, 2.75) is 26.2 Å². The summed E-state index contributed by atoms with van der Waals surface area (Å²) in [4.78, 5) is 24.7. The number of hydrogen-bond donors (Lipinski definition) is 2. The van der Waals surface area contributed by atoms with Gasteiger partial charge >= 0.3 is 0 Å². The summed E-state index contributed by atoms with van der Waals surface area (Å²) in [5, 5.41) is 2.78. The summed E-state index contributed by atoms with van der Waals surface area (Å²) in [6, 6.07) is 3.66. The van der Waals surface area contributed by atoms with Gasteiger partial charge in [-0.2, -0.15) is 0 Å². The van der Waals surface area contributed by atoms with Gasteiger partial charge in [0.05, 0.1) is 11.4 Å². The van der Waals surface area contributed by atoms with Crippen LogP contribution in [0.2, 0.25) is 0 Å². The zero-order valence-electron chi connectivity index (χ0n) is 12.4. The number of benzene rings is 1. The summed E-state index contributed by atoms with van der Waals surface area (Å²) in [6.45, 7) is 1.88. The highest BCUT2D eigenvalue weighted by atomic mass is 79.9. The average molecular weight is 379 g/mol. The Bertz CT molecular complexity index is 521. The van der Waals surface area contributed by atoms with Crippen molar-refractivity contribution in [1.29, 1.82) is 0 Å². The molecular weight excluding hydrogens is 358 g/mol. The van der Waals surface area contributed by atoms with Crippen LogP contribution >= 0.6 is 28.3 Å². The van der Waals surface area contributed by atoms with Crippen LogP contribution in [0.3, 0.4) is 0 Å². The van der Waals surface area contributed by atoms with E-state index in [1.807, 2.05) is 13.0 Å². The molecule has 1 aromatic carbocycles. The summed E-state index contributed by atoms with van der Waals surface area (Å²) < 4.78 is 0.863. The summed E-state index contributed by atoms with van der Waals surface area (Å²) in [7, 11) is 3.40. The van der Waals surface area contributed by atoms with Crippen molar-refractivity contribution in [3.63, 3.8) is 0 Å². The Hall–Kier alpha value is -1.27. The van der Waals surface area contributed by atoms with Gasteiger partial charge < -0.3 is 16.0 Å². The van der Waals surface area contributed by atoms with Crippen LogP contribution in [0, 0.1) is 6.92 Å². The number of nitrogens with zero attached hydrogens (tertiary/aromatic N) is 1. The van der Waals surface area contributed by atoms with Crippen LogP contribution in [0.15, 0.2) is 16.6 Å². The Morgan fingerprint density at radius 3 is 2.48 bits per heavy atom. The quantitative estimate of drug-likeness (QED) is 0.773. The van der Waals surface area contributed by atoms with E-state index in [2.05, 4.69) is 21.2 Å². The molecule has 1 rings (SSSR count). The maximum atomic E-state index is 11.8. The van der Waals surface area contributed by atoms with E-state index in [-0.39, 0.29) is 24.2 Å². The smallest absolute Gasteiger partial charge is 0.224 e. The minimum absolute atomic E-state index is 0. The fraction of sp³-hybridized carbons (Fsp3) is 0.429. The lowest BCUT2D eigenvalue weighted by molar-refractivity contribution is -0.128. The number of aryl methyl sites for hydroxylation is 1. The number of anilines is 2. The normalized spacial score (nSPS) is 9.71. The van der Waals surface area contributed by atoms with Crippen molar-refractivity contribution >= 4 is 51.5 Å². The van der Waals surface area contributed by atoms with E-state index in [1.165, 1.54) is 4.90 Å². The second kappa shape index (κ2) is 8.89. The molecular formula is C14H21BrClN3O2. The van der Waals surface area contributed by atoms with Crippen LogP contribution in [0.5, 0.6) is 0 Å². The van der Waals surface area contributed by atoms with Gasteiger partial charge in [0.25, 0.3) is 0 Å². The third kappa shape index (κ3) is 6.35. The Balaban J connectivity index is 0.00000400. The molecule has 2 amide bonds. The number of carbonyl (C=O) groups excluding carboxylic acids is 2. The van der Waals surface area contributed by atoms with E-state index in [4.69, 9.17) is 5.73 Å². The molecule has 0 aliphatic carbocycles. The molecule has 0 saturated heterocycles. The number of carbonyl (C=O) groups is 2. The number of nitrogens with one attached hydrogen (secondary N) is 1. The highest BCUT2D eigenvalue weighted by Crippen LogP contribution is 2.27. The minimum atomic E-state index is -0.138. The molecule has 0 radical (unpaired) electrons. The van der Waals surface area contributed by atoms with E-state index in [1.54, 1.807) is 20.2 Å². The van der Waals surface area contributed by atoms with Crippen molar-refractivity contribution in [1.82, 2.24) is 4.90 Å². The van der Waals surface area contributed by atoms with Gasteiger partial charge in [0.1, 0.15) is 0 Å². The van der Waals surface area contributed by atoms with E-state index in [0.717, 1.165) is 10.0 Å². The molecule has 0 unspecified atom stereocenters. The molecule has 0 atom stereocenters. The van der Waals surface area contributed by atoms with Crippen LogP contribution in [0.25, 0.3) is 0 Å². The number of hydrogen-bond acceptors (Lipinski definition) is 3. The second-order valence-corrected chi connectivity index (χ2v) is 5.79. The van der Waals surface area contributed by atoms with E-state index in [9.17, 15) is 9.59 Å². The number of nitrogens with two attached hydrogens (primary N) is 1. The number of amides is 2. The molecule has 1 aromatic rings. The molecule has 3 N–H and O–H groups in total. The monoisotopic (exact) mass is 377 g/mol. The zero-order chi connectivity index (χ0) is 15.3. The first-order chi connectivity index (χ1) is 9.31. The standard InChI is InChI=1S/C14H20BrN3O2.ClH/c1-9-7-10(15)8-11(14(9)16)17-12(19)5-4-6-13(20)18(2)3;/h7-8H,4-6,16H2,1-3H3,(H,17,19);1H. The predicted molar refractivity (Wildman–Crippen MR) is 91.7 cm³/mol. The van der Waals surface area contributed by atoms with Crippen LogP contribution in [0.1, 0.15) is 24.8 Å². The molecule has 0 aliphatic rings. The Morgan fingerprint density at radius 2 is 1.90 bits per heavy atom. The molecule has 0 spiro atoms. The van der Waals surface area contributed by atoms with Crippen molar-refractivity contribution in [2.75, 3.05) is 25.1 Å². The third-order valence-corrected chi connectivity index (χ3v) is 3.38. The van der Waals surface area contributed by atoms with Gasteiger partial charge in [0.15, 0.2) is 0 Å². The molecule has 0 fully saturated rings. The molecule has 0 heterocycles. The molecule has 5 nitrogen and oxygen atoms in total. The summed E-state index contributed by atoms with van der Waals surface area (Å²) >= 11 is 3.37. The van der Waals surface area contributed by atoms with Crippen molar-refractivity contribution in [3.8, 4) is 0 Å². The van der Waals surface area contributed by atoms with Gasteiger partial charge in [-0.05, 0) is 31.0 Å². The SMILES string of the molecule is Cc1cc(Br)cc(NC(=O)CCCC(=O)N(C)C)c1N.Cl. The fourth-order valence-corrected chi connectivity index (χ4v) is 2.27. The minimum Gasteiger partial charge on any atom is -0.397 e. The van der Waals surface area contributed by atoms with Crippen molar-refractivity contribution in [2.24, 2.45) is 0 Å². The number of nitrogen functional groups attached to an aromatic ring is 1. The lowest BCUT2D eigenvalue weighted by Crippen LogP contribution is -2.22. The average Bonchev–Trinajstić information content (AvgIpc) is 2.35. The van der Waals surface area contributed by atoms with Gasteiger partial charge in [-0.1, -0.05) is 15.9 Å². The second-order valence-electron chi connectivity index (χ2n) is 4.87. The third-order valence-electron chi connectivity index (χ3n) is 2.92. The van der Waals surface area contributed by atoms with Gasteiger partial charge in [0, 0.05) is 31.4 Å². The maximum Gasteiger partial charge on any atom is 0.224 e. The van der Waals surface area contributed by atoms with Crippen LogP contribution in [-0.2, 0) is 9.59 Å². The lowest BCUT2D eigenvalue weighted by Gasteiger charge is -2.12. The molecule has 118 valence electrons. The summed E-state index contributed by atoms with van der Waals surface area (Å²) in [5.74, 6) is -0.114. The highest BCUT2D eigenvalue weighted by Gasteiger charge is 2.10. The molecule has 0 bridgehead atoms. The number of rotatable bonds is 5. The van der Waals surface area contributed by atoms with Gasteiger partial charge in [-0.15, -0.1) is 12.4 Å². The molecule has 0 aliphatic heterocycles. The predicted octanol–water partition coefficient (Wildman–Crippen LogP) is 2.96. The van der Waals surface area contributed by atoms with E-state index < -0.39 is 0 Å².